The molecule has 1 saturated heterocycles. The van der Waals surface area contributed by atoms with E-state index >= 15 is 0 Å². The number of benzene rings is 1. The predicted octanol–water partition coefficient (Wildman–Crippen LogP) is 2.95. The maximum atomic E-state index is 13.0. The van der Waals surface area contributed by atoms with Crippen molar-refractivity contribution in [3.8, 4) is 11.4 Å². The van der Waals surface area contributed by atoms with Crippen LogP contribution in [0.3, 0.4) is 0 Å². The highest BCUT2D eigenvalue weighted by molar-refractivity contribution is 5.94. The molecule has 2 aromatic heterocycles. The van der Waals surface area contributed by atoms with Crippen LogP contribution in [0.25, 0.3) is 11.4 Å². The smallest absolute Gasteiger partial charge is 0.254 e. The lowest BCUT2D eigenvalue weighted by Crippen LogP contribution is -2.48. The number of piperidine rings is 1. The summed E-state index contributed by atoms with van der Waals surface area (Å²) in [5.41, 5.74) is 3.34. The first kappa shape index (κ1) is 17.8. The summed E-state index contributed by atoms with van der Waals surface area (Å²) in [6, 6.07) is 13.1. The van der Waals surface area contributed by atoms with Crippen LogP contribution in [0.1, 0.15) is 40.9 Å². The Morgan fingerprint density at radius 3 is 2.83 bits per heavy atom. The average Bonchev–Trinajstić information content (AvgIpc) is 3.11. The van der Waals surface area contributed by atoms with Crippen LogP contribution in [-0.4, -0.2) is 38.8 Å². The van der Waals surface area contributed by atoms with Crippen LogP contribution in [0, 0.1) is 0 Å². The Kier molecular flexibility index (Phi) is 4.27. The first-order chi connectivity index (χ1) is 14.1. The van der Waals surface area contributed by atoms with Gasteiger partial charge in [-0.15, -0.1) is 0 Å². The number of aryl methyl sites for hydroxylation is 1. The zero-order valence-electron chi connectivity index (χ0n) is 16.1. The Morgan fingerprint density at radius 1 is 1.14 bits per heavy atom. The molecule has 0 bridgehead atoms. The minimum absolute atomic E-state index is 0.0824. The lowest BCUT2D eigenvalue weighted by atomic mass is 9.77. The summed E-state index contributed by atoms with van der Waals surface area (Å²) in [7, 11) is 0. The minimum Gasteiger partial charge on any atom is -0.338 e. The summed E-state index contributed by atoms with van der Waals surface area (Å²) >= 11 is 0. The number of nitrogens with zero attached hydrogens (tertiary/aromatic N) is 3. The number of H-pyrrole nitrogens is 1. The number of hydrogen-bond acceptors (Lipinski definition) is 4. The SMILES string of the molecule is O=C(c1cc[nH]c(=O)c1)N1CCCC2(CCc3cnc(-c4ccccc4)nc32)C1. The molecule has 1 fully saturated rings. The molecule has 3 heterocycles. The number of carbonyl (C=O) groups excluding carboxylic acids is 1. The van der Waals surface area contributed by atoms with E-state index in [2.05, 4.69) is 9.97 Å². The lowest BCUT2D eigenvalue weighted by Gasteiger charge is -2.40. The van der Waals surface area contributed by atoms with Crippen molar-refractivity contribution >= 4 is 5.91 Å². The average molecular weight is 386 g/mol. The molecule has 1 amide bonds. The number of aromatic amines is 1. The fourth-order valence-corrected chi connectivity index (χ4v) is 4.73. The van der Waals surface area contributed by atoms with E-state index < -0.39 is 0 Å². The van der Waals surface area contributed by atoms with Gasteiger partial charge in [-0.1, -0.05) is 30.3 Å². The molecule has 2 aliphatic rings. The maximum Gasteiger partial charge on any atom is 0.254 e. The summed E-state index contributed by atoms with van der Waals surface area (Å²) in [6.45, 7) is 1.34. The van der Waals surface area contributed by atoms with Crippen molar-refractivity contribution in [3.05, 3.63) is 82.0 Å². The molecule has 3 aromatic rings. The molecule has 146 valence electrons. The number of aromatic nitrogens is 3. The number of fused-ring (bicyclic) bond motifs is 2. The van der Waals surface area contributed by atoms with Gasteiger partial charge in [0.05, 0.1) is 5.69 Å². The van der Waals surface area contributed by atoms with Crippen molar-refractivity contribution in [2.75, 3.05) is 13.1 Å². The Balaban J connectivity index is 1.48. The molecular formula is C23H22N4O2. The number of carbonyl (C=O) groups is 1. The van der Waals surface area contributed by atoms with Crippen LogP contribution >= 0.6 is 0 Å². The third-order valence-corrected chi connectivity index (χ3v) is 6.16. The lowest BCUT2D eigenvalue weighted by molar-refractivity contribution is 0.0633. The standard InChI is InChI=1S/C23H22N4O2/c28-19-13-17(8-11-24-19)22(29)27-12-4-9-23(15-27)10-7-18-14-25-21(26-20(18)23)16-5-2-1-3-6-16/h1-3,5-6,8,11,13-14H,4,7,9-10,12,15H2,(H,24,28). The molecule has 0 saturated carbocycles. The second-order valence-electron chi connectivity index (χ2n) is 7.99. The van der Waals surface area contributed by atoms with Gasteiger partial charge in [0, 0.05) is 48.1 Å². The van der Waals surface area contributed by atoms with Crippen molar-refractivity contribution in [3.63, 3.8) is 0 Å². The number of nitrogens with one attached hydrogen (secondary N) is 1. The summed E-state index contributed by atoms with van der Waals surface area (Å²) in [5.74, 6) is 0.657. The zero-order chi connectivity index (χ0) is 19.8. The first-order valence-electron chi connectivity index (χ1n) is 10.0. The van der Waals surface area contributed by atoms with Crippen LogP contribution in [0.2, 0.25) is 0 Å². The van der Waals surface area contributed by atoms with E-state index in [0.717, 1.165) is 42.8 Å². The number of rotatable bonds is 2. The third kappa shape index (κ3) is 3.14. The van der Waals surface area contributed by atoms with Crippen molar-refractivity contribution in [2.45, 2.75) is 31.1 Å². The Hall–Kier alpha value is -3.28. The largest absolute Gasteiger partial charge is 0.338 e. The quantitative estimate of drug-likeness (QED) is 0.734. The molecule has 0 radical (unpaired) electrons. The summed E-state index contributed by atoms with van der Waals surface area (Å²) in [6.07, 6.45) is 7.35. The van der Waals surface area contributed by atoms with Gasteiger partial charge < -0.3 is 9.88 Å². The van der Waals surface area contributed by atoms with E-state index in [1.165, 1.54) is 17.8 Å². The van der Waals surface area contributed by atoms with Crippen LogP contribution in [-0.2, 0) is 11.8 Å². The fourth-order valence-electron chi connectivity index (χ4n) is 4.73. The van der Waals surface area contributed by atoms with Crippen molar-refractivity contribution in [2.24, 2.45) is 0 Å². The third-order valence-electron chi connectivity index (χ3n) is 6.16. The topological polar surface area (TPSA) is 79.0 Å². The molecule has 1 N–H and O–H groups in total. The Bertz CT molecular complexity index is 1120. The van der Waals surface area contributed by atoms with Crippen LogP contribution < -0.4 is 5.56 Å². The van der Waals surface area contributed by atoms with Gasteiger partial charge in [-0.2, -0.15) is 0 Å². The molecule has 1 aromatic carbocycles. The molecule has 5 rings (SSSR count). The second kappa shape index (κ2) is 6.95. The van der Waals surface area contributed by atoms with Gasteiger partial charge in [0.1, 0.15) is 0 Å². The first-order valence-corrected chi connectivity index (χ1v) is 10.0. The number of amides is 1. The predicted molar refractivity (Wildman–Crippen MR) is 110 cm³/mol. The van der Waals surface area contributed by atoms with Gasteiger partial charge in [0.2, 0.25) is 5.56 Å². The summed E-state index contributed by atoms with van der Waals surface area (Å²) in [4.78, 5) is 38.7. The Labute approximate surface area is 168 Å². The maximum absolute atomic E-state index is 13.0. The molecule has 1 spiro atoms. The van der Waals surface area contributed by atoms with E-state index in [-0.39, 0.29) is 16.9 Å². The molecule has 6 heteroatoms. The molecule has 1 aliphatic carbocycles. The van der Waals surface area contributed by atoms with Gasteiger partial charge >= 0.3 is 0 Å². The fraction of sp³-hybridized carbons (Fsp3) is 0.304. The number of hydrogen-bond donors (Lipinski definition) is 1. The van der Waals surface area contributed by atoms with E-state index in [0.29, 0.717) is 18.7 Å². The van der Waals surface area contributed by atoms with Gasteiger partial charge in [0.25, 0.3) is 5.91 Å². The van der Waals surface area contributed by atoms with E-state index in [4.69, 9.17) is 4.98 Å². The van der Waals surface area contributed by atoms with Gasteiger partial charge in [-0.3, -0.25) is 9.59 Å². The monoisotopic (exact) mass is 386 g/mol. The van der Waals surface area contributed by atoms with E-state index in [1.807, 2.05) is 41.4 Å². The number of likely N-dealkylation sites (tertiary alicyclic amines) is 1. The van der Waals surface area contributed by atoms with Crippen molar-refractivity contribution in [1.29, 1.82) is 0 Å². The Morgan fingerprint density at radius 2 is 2.00 bits per heavy atom. The van der Waals surface area contributed by atoms with Crippen molar-refractivity contribution < 1.29 is 4.79 Å². The zero-order valence-corrected chi connectivity index (χ0v) is 16.1. The highest BCUT2D eigenvalue weighted by Crippen LogP contribution is 2.44. The minimum atomic E-state index is -0.256. The van der Waals surface area contributed by atoms with Crippen LogP contribution in [0.15, 0.2) is 59.7 Å². The second-order valence-corrected chi connectivity index (χ2v) is 7.99. The van der Waals surface area contributed by atoms with Gasteiger partial charge in [0.15, 0.2) is 5.82 Å². The molecule has 29 heavy (non-hydrogen) atoms. The summed E-state index contributed by atoms with van der Waals surface area (Å²) < 4.78 is 0. The highest BCUT2D eigenvalue weighted by Gasteiger charge is 2.44. The van der Waals surface area contributed by atoms with E-state index in [1.54, 1.807) is 6.07 Å². The highest BCUT2D eigenvalue weighted by atomic mass is 16.2. The van der Waals surface area contributed by atoms with E-state index in [9.17, 15) is 9.59 Å². The number of pyridine rings is 1. The molecular weight excluding hydrogens is 364 g/mol. The molecule has 1 aliphatic heterocycles. The molecule has 1 unspecified atom stereocenters. The van der Waals surface area contributed by atoms with Crippen LogP contribution in [0.4, 0.5) is 0 Å². The van der Waals surface area contributed by atoms with Crippen molar-refractivity contribution in [1.82, 2.24) is 19.9 Å². The normalized spacial score (nSPS) is 20.6. The summed E-state index contributed by atoms with van der Waals surface area (Å²) in [5, 5.41) is 0. The molecule has 6 nitrogen and oxygen atoms in total. The van der Waals surface area contributed by atoms with Gasteiger partial charge in [-0.25, -0.2) is 9.97 Å². The van der Waals surface area contributed by atoms with Gasteiger partial charge in [-0.05, 0) is 37.3 Å². The van der Waals surface area contributed by atoms with Crippen LogP contribution in [0.5, 0.6) is 0 Å². The molecule has 1 atom stereocenters.